The van der Waals surface area contributed by atoms with Gasteiger partial charge < -0.3 is 14.4 Å². The Morgan fingerprint density at radius 2 is 2.04 bits per heavy atom. The van der Waals surface area contributed by atoms with E-state index < -0.39 is 10.1 Å². The van der Waals surface area contributed by atoms with Gasteiger partial charge in [0.2, 0.25) is 0 Å². The van der Waals surface area contributed by atoms with Crippen molar-refractivity contribution in [2.75, 3.05) is 12.8 Å². The van der Waals surface area contributed by atoms with E-state index in [0.717, 1.165) is 31.1 Å². The molecule has 0 bridgehead atoms. The van der Waals surface area contributed by atoms with Gasteiger partial charge in [0.1, 0.15) is 5.75 Å². The molecule has 1 aromatic rings. The number of carbonyl (C=O) groups excluding carboxylic acids is 1. The third kappa shape index (κ3) is 7.21. The van der Waals surface area contributed by atoms with Gasteiger partial charge in [0.15, 0.2) is 0 Å². The lowest BCUT2D eigenvalue weighted by Crippen LogP contribution is -2.44. The minimum atomic E-state index is -3.57. The van der Waals surface area contributed by atoms with Crippen molar-refractivity contribution in [1.82, 2.24) is 10.2 Å². The summed E-state index contributed by atoms with van der Waals surface area (Å²) in [6.45, 7) is 7.15. The van der Waals surface area contributed by atoms with E-state index in [9.17, 15) is 13.2 Å². The molecule has 2 amide bonds. The van der Waals surface area contributed by atoms with E-state index >= 15 is 0 Å². The lowest BCUT2D eigenvalue weighted by Gasteiger charge is -2.29. The molecule has 1 rings (SSSR count). The van der Waals surface area contributed by atoms with Gasteiger partial charge in [-0.1, -0.05) is 32.4 Å². The zero-order valence-electron chi connectivity index (χ0n) is 14.9. The Hall–Kier alpha value is -1.76. The number of amides is 2. The van der Waals surface area contributed by atoms with Gasteiger partial charge in [0.25, 0.3) is 0 Å². The van der Waals surface area contributed by atoms with E-state index in [1.54, 1.807) is 23.1 Å². The average Bonchev–Trinajstić information content (AvgIpc) is 2.50. The standard InChI is InChI=1S/C17H28N2O4S/c1-5-7-11-18-17(20)19(14(3)6-2)13-15-9-8-10-16(12-15)23-24(4,21)22/h8-10,12,14H,5-7,11,13H2,1-4H3,(H,18,20). The van der Waals surface area contributed by atoms with Crippen molar-refractivity contribution in [2.45, 2.75) is 52.6 Å². The summed E-state index contributed by atoms with van der Waals surface area (Å²) in [4.78, 5) is 14.2. The number of unbranched alkanes of at least 4 members (excludes halogenated alkanes) is 1. The lowest BCUT2D eigenvalue weighted by atomic mass is 10.1. The second-order valence-electron chi connectivity index (χ2n) is 5.91. The first kappa shape index (κ1) is 20.3. The fraction of sp³-hybridized carbons (Fsp3) is 0.588. The predicted molar refractivity (Wildman–Crippen MR) is 95.5 cm³/mol. The molecule has 0 radical (unpaired) electrons. The van der Waals surface area contributed by atoms with Gasteiger partial charge in [-0.05, 0) is 37.5 Å². The molecule has 136 valence electrons. The Bertz CT molecular complexity index is 631. The van der Waals surface area contributed by atoms with Gasteiger partial charge in [-0.2, -0.15) is 8.42 Å². The van der Waals surface area contributed by atoms with Gasteiger partial charge in [-0.3, -0.25) is 0 Å². The quantitative estimate of drug-likeness (QED) is 0.545. The normalized spacial score (nSPS) is 12.5. The van der Waals surface area contributed by atoms with E-state index in [2.05, 4.69) is 12.2 Å². The van der Waals surface area contributed by atoms with E-state index in [4.69, 9.17) is 4.18 Å². The smallest absolute Gasteiger partial charge is 0.317 e. The molecule has 0 fully saturated rings. The summed E-state index contributed by atoms with van der Waals surface area (Å²) in [5, 5.41) is 2.93. The van der Waals surface area contributed by atoms with Crippen LogP contribution in [0.1, 0.15) is 45.6 Å². The highest BCUT2D eigenvalue weighted by molar-refractivity contribution is 7.86. The van der Waals surface area contributed by atoms with Crippen LogP contribution in [0.5, 0.6) is 5.75 Å². The van der Waals surface area contributed by atoms with Crippen LogP contribution in [0.15, 0.2) is 24.3 Å². The molecule has 24 heavy (non-hydrogen) atoms. The molecule has 6 nitrogen and oxygen atoms in total. The first-order valence-corrected chi connectivity index (χ1v) is 10.1. The second-order valence-corrected chi connectivity index (χ2v) is 7.48. The van der Waals surface area contributed by atoms with Gasteiger partial charge in [0.05, 0.1) is 6.26 Å². The molecule has 1 aromatic carbocycles. The van der Waals surface area contributed by atoms with Crippen molar-refractivity contribution < 1.29 is 17.4 Å². The SMILES string of the molecule is CCCCNC(=O)N(Cc1cccc(OS(C)(=O)=O)c1)C(C)CC. The van der Waals surface area contributed by atoms with Crippen molar-refractivity contribution in [3.8, 4) is 5.75 Å². The molecular formula is C17H28N2O4S. The molecule has 7 heteroatoms. The molecule has 1 unspecified atom stereocenters. The fourth-order valence-electron chi connectivity index (χ4n) is 2.19. The Kier molecular flexibility index (Phi) is 8.04. The fourth-order valence-corrected chi connectivity index (χ4v) is 2.64. The minimum absolute atomic E-state index is 0.0751. The number of hydrogen-bond acceptors (Lipinski definition) is 4. The molecule has 0 saturated carbocycles. The van der Waals surface area contributed by atoms with Crippen molar-refractivity contribution in [1.29, 1.82) is 0 Å². The average molecular weight is 356 g/mol. The van der Waals surface area contributed by atoms with Crippen LogP contribution in [0.2, 0.25) is 0 Å². The number of urea groups is 1. The number of benzene rings is 1. The Labute approximate surface area is 145 Å². The van der Waals surface area contributed by atoms with E-state index in [1.807, 2.05) is 19.9 Å². The summed E-state index contributed by atoms with van der Waals surface area (Å²) < 4.78 is 27.4. The highest BCUT2D eigenvalue weighted by atomic mass is 32.2. The van der Waals surface area contributed by atoms with Crippen molar-refractivity contribution >= 4 is 16.1 Å². The molecule has 0 aliphatic heterocycles. The van der Waals surface area contributed by atoms with Gasteiger partial charge >= 0.3 is 16.1 Å². The highest BCUT2D eigenvalue weighted by Crippen LogP contribution is 2.18. The van der Waals surface area contributed by atoms with Gasteiger partial charge in [0, 0.05) is 19.1 Å². The molecule has 1 N–H and O–H groups in total. The maximum absolute atomic E-state index is 12.4. The van der Waals surface area contributed by atoms with E-state index in [1.165, 1.54) is 0 Å². The molecule has 0 spiro atoms. The summed E-state index contributed by atoms with van der Waals surface area (Å²) in [5.74, 6) is 0.255. The molecule has 0 aliphatic rings. The first-order valence-electron chi connectivity index (χ1n) is 8.29. The topological polar surface area (TPSA) is 75.7 Å². The van der Waals surface area contributed by atoms with Crippen LogP contribution in [-0.4, -0.2) is 38.2 Å². The number of nitrogens with one attached hydrogen (secondary N) is 1. The molecule has 0 aliphatic carbocycles. The minimum Gasteiger partial charge on any atom is -0.383 e. The Morgan fingerprint density at radius 3 is 2.62 bits per heavy atom. The zero-order valence-corrected chi connectivity index (χ0v) is 15.7. The number of rotatable bonds is 9. The van der Waals surface area contributed by atoms with Gasteiger partial charge in [-0.25, -0.2) is 4.79 Å². The summed E-state index contributed by atoms with van der Waals surface area (Å²) in [6.07, 6.45) is 3.80. The molecule has 0 aromatic heterocycles. The molecule has 0 saturated heterocycles. The van der Waals surface area contributed by atoms with Crippen molar-refractivity contribution in [3.63, 3.8) is 0 Å². The maximum atomic E-state index is 12.4. The molecular weight excluding hydrogens is 328 g/mol. The summed E-state index contributed by atoms with van der Waals surface area (Å²) in [6, 6.07) is 6.77. The molecule has 1 atom stereocenters. The third-order valence-electron chi connectivity index (χ3n) is 3.69. The number of nitrogens with zero attached hydrogens (tertiary/aromatic N) is 1. The lowest BCUT2D eigenvalue weighted by molar-refractivity contribution is 0.173. The van der Waals surface area contributed by atoms with Crippen LogP contribution < -0.4 is 9.50 Å². The van der Waals surface area contributed by atoms with Crippen LogP contribution >= 0.6 is 0 Å². The predicted octanol–water partition coefficient (Wildman–Crippen LogP) is 3.14. The zero-order chi connectivity index (χ0) is 18.2. The maximum Gasteiger partial charge on any atom is 0.317 e. The van der Waals surface area contributed by atoms with Crippen molar-refractivity contribution in [2.24, 2.45) is 0 Å². The number of carbonyl (C=O) groups is 1. The Balaban J connectivity index is 2.86. The highest BCUT2D eigenvalue weighted by Gasteiger charge is 2.19. The largest absolute Gasteiger partial charge is 0.383 e. The molecule has 0 heterocycles. The van der Waals surface area contributed by atoms with Gasteiger partial charge in [-0.15, -0.1) is 0 Å². The van der Waals surface area contributed by atoms with Crippen molar-refractivity contribution in [3.05, 3.63) is 29.8 Å². The Morgan fingerprint density at radius 1 is 1.33 bits per heavy atom. The van der Waals surface area contributed by atoms with Crippen LogP contribution in [0, 0.1) is 0 Å². The summed E-state index contributed by atoms with van der Waals surface area (Å²) in [7, 11) is -3.57. The summed E-state index contributed by atoms with van der Waals surface area (Å²) >= 11 is 0. The first-order chi connectivity index (χ1) is 11.3. The van der Waals surface area contributed by atoms with Crippen LogP contribution in [0.3, 0.4) is 0 Å². The van der Waals surface area contributed by atoms with Crippen LogP contribution in [-0.2, 0) is 16.7 Å². The number of hydrogen-bond donors (Lipinski definition) is 1. The van der Waals surface area contributed by atoms with Crippen LogP contribution in [0.25, 0.3) is 0 Å². The third-order valence-corrected chi connectivity index (χ3v) is 4.18. The second kappa shape index (κ2) is 9.52. The monoisotopic (exact) mass is 356 g/mol. The van der Waals surface area contributed by atoms with Crippen LogP contribution in [0.4, 0.5) is 4.79 Å². The summed E-state index contributed by atoms with van der Waals surface area (Å²) in [5.41, 5.74) is 0.821. The van der Waals surface area contributed by atoms with E-state index in [0.29, 0.717) is 13.1 Å². The van der Waals surface area contributed by atoms with E-state index in [-0.39, 0.29) is 17.8 Å².